The number of aliphatic hydroxyl groups excluding tert-OH is 1. The second-order valence-electron chi connectivity index (χ2n) is 4.71. The van der Waals surface area contributed by atoms with E-state index in [1.165, 1.54) is 25.7 Å². The van der Waals surface area contributed by atoms with Crippen LogP contribution in [0.5, 0.6) is 5.75 Å². The summed E-state index contributed by atoms with van der Waals surface area (Å²) in [6.07, 6.45) is 4.94. The first kappa shape index (κ1) is 11.5. The Morgan fingerprint density at radius 1 is 1.25 bits per heavy atom. The van der Waals surface area contributed by atoms with Crippen molar-refractivity contribution in [2.75, 3.05) is 6.61 Å². The number of aliphatic hydroxyl groups is 1. The number of ether oxygens (including phenoxy) is 1. The minimum absolute atomic E-state index is 0.399. The van der Waals surface area contributed by atoms with Gasteiger partial charge in [-0.05, 0) is 43.4 Å². The average Bonchev–Trinajstić information content (AvgIpc) is 2.80. The Labute approximate surface area is 97.3 Å². The van der Waals surface area contributed by atoms with E-state index in [0.717, 1.165) is 23.8 Å². The van der Waals surface area contributed by atoms with Crippen molar-refractivity contribution in [2.45, 2.75) is 38.7 Å². The second kappa shape index (κ2) is 5.35. The quantitative estimate of drug-likeness (QED) is 0.843. The minimum Gasteiger partial charge on any atom is -0.493 e. The van der Waals surface area contributed by atoms with Gasteiger partial charge in [-0.15, -0.1) is 0 Å². The molecule has 0 spiro atoms. The standard InChI is InChI=1S/C14H20O2/c1-11(15)13-6-8-14(9-7-13)16-10-12-4-2-3-5-12/h6-9,11-12,15H,2-5,10H2,1H3/t11-/m0/s1. The van der Waals surface area contributed by atoms with E-state index in [2.05, 4.69) is 0 Å². The van der Waals surface area contributed by atoms with E-state index in [4.69, 9.17) is 4.74 Å². The lowest BCUT2D eigenvalue weighted by atomic mass is 10.1. The summed E-state index contributed by atoms with van der Waals surface area (Å²) in [5.41, 5.74) is 0.938. The van der Waals surface area contributed by atoms with Crippen LogP contribution in [0.15, 0.2) is 24.3 Å². The van der Waals surface area contributed by atoms with Crippen LogP contribution >= 0.6 is 0 Å². The fourth-order valence-electron chi connectivity index (χ4n) is 2.23. The fourth-order valence-corrected chi connectivity index (χ4v) is 2.23. The molecule has 2 nitrogen and oxygen atoms in total. The summed E-state index contributed by atoms with van der Waals surface area (Å²) in [5, 5.41) is 9.38. The lowest BCUT2D eigenvalue weighted by molar-refractivity contribution is 0.199. The normalized spacial score (nSPS) is 18.6. The molecule has 88 valence electrons. The van der Waals surface area contributed by atoms with E-state index in [0.29, 0.717) is 0 Å². The third kappa shape index (κ3) is 2.99. The Morgan fingerprint density at radius 3 is 2.44 bits per heavy atom. The van der Waals surface area contributed by atoms with Crippen molar-refractivity contribution in [1.82, 2.24) is 0 Å². The van der Waals surface area contributed by atoms with Gasteiger partial charge in [0.25, 0.3) is 0 Å². The monoisotopic (exact) mass is 220 g/mol. The number of hydrogen-bond donors (Lipinski definition) is 1. The zero-order chi connectivity index (χ0) is 11.4. The van der Waals surface area contributed by atoms with Crippen LogP contribution in [0.2, 0.25) is 0 Å². The molecule has 0 heterocycles. The summed E-state index contributed by atoms with van der Waals surface area (Å²) in [6.45, 7) is 2.61. The van der Waals surface area contributed by atoms with Gasteiger partial charge in [-0.2, -0.15) is 0 Å². The van der Waals surface area contributed by atoms with Gasteiger partial charge in [0.05, 0.1) is 12.7 Å². The Bertz CT molecular complexity index is 310. The average molecular weight is 220 g/mol. The van der Waals surface area contributed by atoms with Crippen molar-refractivity contribution in [1.29, 1.82) is 0 Å². The van der Waals surface area contributed by atoms with E-state index in [1.54, 1.807) is 6.92 Å². The maximum atomic E-state index is 9.38. The minimum atomic E-state index is -0.399. The smallest absolute Gasteiger partial charge is 0.119 e. The van der Waals surface area contributed by atoms with Gasteiger partial charge in [0.2, 0.25) is 0 Å². The predicted molar refractivity (Wildman–Crippen MR) is 64.5 cm³/mol. The molecular formula is C14H20O2. The van der Waals surface area contributed by atoms with Crippen LogP contribution in [0, 0.1) is 5.92 Å². The van der Waals surface area contributed by atoms with E-state index < -0.39 is 6.10 Å². The van der Waals surface area contributed by atoms with Gasteiger partial charge in [-0.3, -0.25) is 0 Å². The SMILES string of the molecule is C[C@H](O)c1ccc(OCC2CCCC2)cc1. The van der Waals surface area contributed by atoms with Crippen LogP contribution in [0.1, 0.15) is 44.3 Å². The molecule has 2 heteroatoms. The molecule has 0 aromatic heterocycles. The van der Waals surface area contributed by atoms with Crippen molar-refractivity contribution < 1.29 is 9.84 Å². The van der Waals surface area contributed by atoms with Crippen molar-refractivity contribution in [3.8, 4) is 5.75 Å². The molecular weight excluding hydrogens is 200 g/mol. The molecule has 1 aromatic carbocycles. The maximum Gasteiger partial charge on any atom is 0.119 e. The Kier molecular flexibility index (Phi) is 3.83. The first-order chi connectivity index (χ1) is 7.75. The van der Waals surface area contributed by atoms with Gasteiger partial charge < -0.3 is 9.84 Å². The molecule has 0 bridgehead atoms. The Hall–Kier alpha value is -1.02. The topological polar surface area (TPSA) is 29.5 Å². The molecule has 0 saturated heterocycles. The van der Waals surface area contributed by atoms with Gasteiger partial charge in [0, 0.05) is 0 Å². The number of benzene rings is 1. The lowest BCUT2D eigenvalue weighted by Crippen LogP contribution is -2.07. The highest BCUT2D eigenvalue weighted by molar-refractivity contribution is 5.28. The highest BCUT2D eigenvalue weighted by Gasteiger charge is 2.15. The van der Waals surface area contributed by atoms with Crippen molar-refractivity contribution in [3.05, 3.63) is 29.8 Å². The molecule has 0 unspecified atom stereocenters. The number of rotatable bonds is 4. The first-order valence-electron chi connectivity index (χ1n) is 6.16. The fraction of sp³-hybridized carbons (Fsp3) is 0.571. The predicted octanol–water partition coefficient (Wildman–Crippen LogP) is 3.31. The summed E-state index contributed by atoms with van der Waals surface area (Å²) in [6, 6.07) is 7.73. The molecule has 1 N–H and O–H groups in total. The highest BCUT2D eigenvalue weighted by atomic mass is 16.5. The zero-order valence-corrected chi connectivity index (χ0v) is 9.86. The van der Waals surface area contributed by atoms with Crippen molar-refractivity contribution in [2.24, 2.45) is 5.92 Å². The Morgan fingerprint density at radius 2 is 1.88 bits per heavy atom. The molecule has 0 aliphatic heterocycles. The van der Waals surface area contributed by atoms with E-state index in [1.807, 2.05) is 24.3 Å². The van der Waals surface area contributed by atoms with Crippen LogP contribution in [0.4, 0.5) is 0 Å². The van der Waals surface area contributed by atoms with Crippen LogP contribution in [-0.4, -0.2) is 11.7 Å². The van der Waals surface area contributed by atoms with Gasteiger partial charge in [-0.1, -0.05) is 25.0 Å². The molecule has 16 heavy (non-hydrogen) atoms. The van der Waals surface area contributed by atoms with Gasteiger partial charge in [0.15, 0.2) is 0 Å². The molecule has 1 aromatic rings. The second-order valence-corrected chi connectivity index (χ2v) is 4.71. The molecule has 1 aliphatic rings. The van der Waals surface area contributed by atoms with E-state index in [-0.39, 0.29) is 0 Å². The van der Waals surface area contributed by atoms with Gasteiger partial charge in [0.1, 0.15) is 5.75 Å². The molecule has 1 saturated carbocycles. The maximum absolute atomic E-state index is 9.38. The summed E-state index contributed by atoms with van der Waals surface area (Å²) in [7, 11) is 0. The van der Waals surface area contributed by atoms with Gasteiger partial charge >= 0.3 is 0 Å². The van der Waals surface area contributed by atoms with E-state index in [9.17, 15) is 5.11 Å². The number of hydrogen-bond acceptors (Lipinski definition) is 2. The largest absolute Gasteiger partial charge is 0.493 e. The molecule has 0 amide bonds. The molecule has 1 atom stereocenters. The van der Waals surface area contributed by atoms with Crippen LogP contribution in [0.3, 0.4) is 0 Å². The first-order valence-corrected chi connectivity index (χ1v) is 6.16. The molecule has 1 fully saturated rings. The third-order valence-corrected chi connectivity index (χ3v) is 3.32. The van der Waals surface area contributed by atoms with E-state index >= 15 is 0 Å². The third-order valence-electron chi connectivity index (χ3n) is 3.32. The van der Waals surface area contributed by atoms with Crippen LogP contribution < -0.4 is 4.74 Å². The molecule has 1 aliphatic carbocycles. The van der Waals surface area contributed by atoms with Crippen LogP contribution in [-0.2, 0) is 0 Å². The molecule has 0 radical (unpaired) electrons. The van der Waals surface area contributed by atoms with Crippen LogP contribution in [0.25, 0.3) is 0 Å². The summed E-state index contributed by atoms with van der Waals surface area (Å²) in [5.74, 6) is 1.66. The zero-order valence-electron chi connectivity index (χ0n) is 9.86. The van der Waals surface area contributed by atoms with Crippen molar-refractivity contribution in [3.63, 3.8) is 0 Å². The van der Waals surface area contributed by atoms with Crippen molar-refractivity contribution >= 4 is 0 Å². The molecule has 2 rings (SSSR count). The summed E-state index contributed by atoms with van der Waals surface area (Å²) in [4.78, 5) is 0. The summed E-state index contributed by atoms with van der Waals surface area (Å²) < 4.78 is 5.74. The Balaban J connectivity index is 1.84. The van der Waals surface area contributed by atoms with Gasteiger partial charge in [-0.25, -0.2) is 0 Å². The lowest BCUT2D eigenvalue weighted by Gasteiger charge is -2.12. The highest BCUT2D eigenvalue weighted by Crippen LogP contribution is 2.26. The summed E-state index contributed by atoms with van der Waals surface area (Å²) >= 11 is 0.